The minimum Gasteiger partial charge on any atom is -0.453 e. The van der Waals surface area contributed by atoms with Gasteiger partial charge in [0.1, 0.15) is 10.7 Å². The molecule has 0 aromatic carbocycles. The molecule has 1 atom stereocenters. The number of H-pyrrole nitrogens is 1. The van der Waals surface area contributed by atoms with Crippen LogP contribution in [-0.4, -0.2) is 34.0 Å². The Morgan fingerprint density at radius 3 is 2.81 bits per heavy atom. The van der Waals surface area contributed by atoms with Crippen LogP contribution >= 0.6 is 11.3 Å². The molecule has 2 aromatic rings. The molecule has 0 bridgehead atoms. The number of thiophene rings is 1. The zero-order chi connectivity index (χ0) is 19.6. The Bertz CT molecular complexity index is 964. The molecule has 3 rings (SSSR count). The average Bonchev–Trinajstić information content (AvgIpc) is 2.98. The lowest BCUT2D eigenvalue weighted by molar-refractivity contribution is -0.154. The summed E-state index contributed by atoms with van der Waals surface area (Å²) in [5.74, 6) is -1.04. The number of fused-ring (bicyclic) bond motifs is 3. The molecule has 0 fully saturated rings. The van der Waals surface area contributed by atoms with Gasteiger partial charge in [-0.3, -0.25) is 19.7 Å². The minimum absolute atomic E-state index is 0.0618. The summed E-state index contributed by atoms with van der Waals surface area (Å²) in [6.45, 7) is 1.33. The van der Waals surface area contributed by atoms with E-state index in [2.05, 4.69) is 9.97 Å². The fourth-order valence-electron chi connectivity index (χ4n) is 3.08. The van der Waals surface area contributed by atoms with E-state index in [9.17, 15) is 19.2 Å². The second kappa shape index (κ2) is 7.87. The lowest BCUT2D eigenvalue weighted by Crippen LogP contribution is -2.42. The van der Waals surface area contributed by atoms with Crippen LogP contribution < -0.4 is 16.6 Å². The van der Waals surface area contributed by atoms with E-state index in [0.717, 1.165) is 31.2 Å². The maximum atomic E-state index is 12.4. The molecule has 0 unspecified atom stereocenters. The molecule has 2 aromatic heterocycles. The van der Waals surface area contributed by atoms with Gasteiger partial charge in [-0.1, -0.05) is 0 Å². The Hall–Kier alpha value is -2.75. The van der Waals surface area contributed by atoms with Crippen molar-refractivity contribution in [2.24, 2.45) is 5.73 Å². The largest absolute Gasteiger partial charge is 0.453 e. The van der Waals surface area contributed by atoms with Crippen molar-refractivity contribution in [3.05, 3.63) is 26.6 Å². The number of aryl methyl sites for hydroxylation is 3. The molecule has 0 saturated heterocycles. The van der Waals surface area contributed by atoms with Gasteiger partial charge in [0.25, 0.3) is 11.5 Å². The van der Waals surface area contributed by atoms with Crippen molar-refractivity contribution in [3.63, 3.8) is 0 Å². The van der Waals surface area contributed by atoms with Crippen LogP contribution in [0.25, 0.3) is 10.2 Å². The molecule has 0 spiro atoms. The van der Waals surface area contributed by atoms with Crippen LogP contribution in [0.2, 0.25) is 0 Å². The number of carbonyl (C=O) groups excluding carboxylic acids is 3. The summed E-state index contributed by atoms with van der Waals surface area (Å²) in [4.78, 5) is 55.6. The van der Waals surface area contributed by atoms with Crippen molar-refractivity contribution >= 4 is 39.5 Å². The highest BCUT2D eigenvalue weighted by Gasteiger charge is 2.21. The number of nitrogens with zero attached hydrogens (tertiary/aromatic N) is 1. The van der Waals surface area contributed by atoms with E-state index in [0.29, 0.717) is 16.0 Å². The maximum absolute atomic E-state index is 12.4. The number of primary amides is 1. The van der Waals surface area contributed by atoms with Crippen molar-refractivity contribution in [1.29, 1.82) is 0 Å². The van der Waals surface area contributed by atoms with E-state index in [4.69, 9.17) is 10.5 Å². The summed E-state index contributed by atoms with van der Waals surface area (Å²) in [7, 11) is 0. The lowest BCUT2D eigenvalue weighted by Gasteiger charge is -2.11. The predicted octanol–water partition coefficient (Wildman–Crippen LogP) is 0.923. The number of nitrogens with one attached hydrogen (secondary N) is 2. The molecular weight excluding hydrogens is 372 g/mol. The number of esters is 1. The molecule has 144 valence electrons. The molecule has 0 saturated carbocycles. The van der Waals surface area contributed by atoms with Crippen LogP contribution in [-0.2, 0) is 33.6 Å². The number of carbonyl (C=O) groups is 3. The summed E-state index contributed by atoms with van der Waals surface area (Å²) in [5, 5.41) is 2.50. The van der Waals surface area contributed by atoms with Crippen molar-refractivity contribution < 1.29 is 19.1 Å². The monoisotopic (exact) mass is 392 g/mol. The number of aromatic amines is 1. The molecule has 9 nitrogen and oxygen atoms in total. The Labute approximate surface area is 158 Å². The molecular formula is C17H20N4O5S. The standard InChI is InChI=1S/C17H20N4O5S/c1-8(14(23)21-17(18)25)26-12(22)7-6-11-19-15(24)13-9-4-2-3-5-10(9)27-16(13)20-11/h8H,2-7H2,1H3,(H,19,20,24)(H3,18,21,23,25)/t8-/m1/s1. The molecule has 3 amide bonds. The predicted molar refractivity (Wildman–Crippen MR) is 98.5 cm³/mol. The number of amides is 3. The van der Waals surface area contributed by atoms with Gasteiger partial charge in [-0.2, -0.15) is 0 Å². The van der Waals surface area contributed by atoms with E-state index in [-0.39, 0.29) is 18.4 Å². The maximum Gasteiger partial charge on any atom is 0.318 e. The summed E-state index contributed by atoms with van der Waals surface area (Å²) in [6.07, 6.45) is 3.04. The number of urea groups is 1. The second-order valence-corrected chi connectivity index (χ2v) is 7.47. The summed E-state index contributed by atoms with van der Waals surface area (Å²) in [6, 6.07) is -1.02. The Morgan fingerprint density at radius 1 is 1.33 bits per heavy atom. The van der Waals surface area contributed by atoms with Gasteiger partial charge in [-0.25, -0.2) is 9.78 Å². The lowest BCUT2D eigenvalue weighted by atomic mass is 9.97. The van der Waals surface area contributed by atoms with Crippen LogP contribution in [0.15, 0.2) is 4.79 Å². The first-order valence-corrected chi connectivity index (χ1v) is 9.50. The average molecular weight is 392 g/mol. The fraction of sp³-hybridized carbons (Fsp3) is 0.471. The highest BCUT2D eigenvalue weighted by atomic mass is 32.1. The van der Waals surface area contributed by atoms with Gasteiger partial charge in [0, 0.05) is 11.3 Å². The van der Waals surface area contributed by atoms with Gasteiger partial charge in [-0.05, 0) is 38.2 Å². The quantitative estimate of drug-likeness (QED) is 0.646. The van der Waals surface area contributed by atoms with Gasteiger partial charge < -0.3 is 15.5 Å². The molecule has 4 N–H and O–H groups in total. The zero-order valence-corrected chi connectivity index (χ0v) is 15.6. The number of imide groups is 1. The van der Waals surface area contributed by atoms with Crippen molar-refractivity contribution in [2.45, 2.75) is 51.6 Å². The molecule has 2 heterocycles. The van der Waals surface area contributed by atoms with Crippen LogP contribution in [0.5, 0.6) is 0 Å². The van der Waals surface area contributed by atoms with Gasteiger partial charge in [0.05, 0.1) is 11.8 Å². The van der Waals surface area contributed by atoms with Crippen molar-refractivity contribution in [1.82, 2.24) is 15.3 Å². The zero-order valence-electron chi connectivity index (χ0n) is 14.8. The number of ether oxygens (including phenoxy) is 1. The van der Waals surface area contributed by atoms with Gasteiger partial charge in [0.15, 0.2) is 6.10 Å². The number of hydrogen-bond donors (Lipinski definition) is 3. The number of nitrogens with two attached hydrogens (primary N) is 1. The van der Waals surface area contributed by atoms with Crippen LogP contribution in [0.4, 0.5) is 4.79 Å². The van der Waals surface area contributed by atoms with Gasteiger partial charge in [0.2, 0.25) is 0 Å². The molecule has 1 aliphatic carbocycles. The van der Waals surface area contributed by atoms with E-state index in [1.807, 2.05) is 5.32 Å². The normalized spacial score (nSPS) is 14.4. The third-order valence-electron chi connectivity index (χ3n) is 4.36. The third-order valence-corrected chi connectivity index (χ3v) is 5.55. The Kier molecular flexibility index (Phi) is 5.54. The number of hydrogen-bond acceptors (Lipinski definition) is 7. The smallest absolute Gasteiger partial charge is 0.318 e. The van der Waals surface area contributed by atoms with Crippen LogP contribution in [0.3, 0.4) is 0 Å². The third kappa shape index (κ3) is 4.33. The van der Waals surface area contributed by atoms with Crippen LogP contribution in [0.1, 0.15) is 42.5 Å². The first-order valence-electron chi connectivity index (χ1n) is 8.68. The second-order valence-electron chi connectivity index (χ2n) is 6.39. The number of aromatic nitrogens is 2. The van der Waals surface area contributed by atoms with Gasteiger partial charge >= 0.3 is 12.0 Å². The molecule has 0 aliphatic heterocycles. The summed E-state index contributed by atoms with van der Waals surface area (Å²) in [5.41, 5.74) is 5.76. The van der Waals surface area contributed by atoms with E-state index >= 15 is 0 Å². The molecule has 1 aliphatic rings. The highest BCUT2D eigenvalue weighted by Crippen LogP contribution is 2.33. The minimum atomic E-state index is -1.15. The SMILES string of the molecule is C[C@@H](OC(=O)CCc1nc2sc3c(c2c(=O)[nH]1)CCCC3)C(=O)NC(N)=O. The van der Waals surface area contributed by atoms with E-state index in [1.165, 1.54) is 23.1 Å². The topological polar surface area (TPSA) is 144 Å². The first kappa shape index (κ1) is 19.0. The van der Waals surface area contributed by atoms with Crippen molar-refractivity contribution in [3.8, 4) is 0 Å². The highest BCUT2D eigenvalue weighted by molar-refractivity contribution is 7.18. The Balaban J connectivity index is 1.65. The molecule has 10 heteroatoms. The first-order chi connectivity index (χ1) is 12.8. The molecule has 27 heavy (non-hydrogen) atoms. The fourth-order valence-corrected chi connectivity index (χ4v) is 4.36. The number of rotatable bonds is 5. The van der Waals surface area contributed by atoms with Crippen LogP contribution in [0, 0.1) is 0 Å². The van der Waals surface area contributed by atoms with Crippen molar-refractivity contribution in [2.75, 3.05) is 0 Å². The molecule has 0 radical (unpaired) electrons. The summed E-state index contributed by atoms with van der Waals surface area (Å²) < 4.78 is 4.94. The van der Waals surface area contributed by atoms with Gasteiger partial charge in [-0.15, -0.1) is 11.3 Å². The Morgan fingerprint density at radius 2 is 2.07 bits per heavy atom. The van der Waals surface area contributed by atoms with E-state index in [1.54, 1.807) is 0 Å². The van der Waals surface area contributed by atoms with E-state index < -0.39 is 24.0 Å². The summed E-state index contributed by atoms with van der Waals surface area (Å²) >= 11 is 1.54.